The van der Waals surface area contributed by atoms with Crippen molar-refractivity contribution in [3.63, 3.8) is 0 Å². The fourth-order valence-electron chi connectivity index (χ4n) is 2.23. The second-order valence-corrected chi connectivity index (χ2v) is 4.92. The van der Waals surface area contributed by atoms with Gasteiger partial charge in [0.1, 0.15) is 5.75 Å². The lowest BCUT2D eigenvalue weighted by Crippen LogP contribution is -2.41. The van der Waals surface area contributed by atoms with E-state index in [1.54, 1.807) is 25.3 Å². The minimum Gasteiger partial charge on any atom is -0.495 e. The molecule has 0 unspecified atom stereocenters. The van der Waals surface area contributed by atoms with Crippen LogP contribution in [-0.4, -0.2) is 37.6 Å². The SMILES string of the molecule is COc1ccc(C(=O)N(C)C2CCC2)cc1C#CCN. The number of ether oxygens (including phenoxy) is 1. The van der Waals surface area contributed by atoms with E-state index in [2.05, 4.69) is 11.8 Å². The summed E-state index contributed by atoms with van der Waals surface area (Å²) in [4.78, 5) is 14.2. The van der Waals surface area contributed by atoms with E-state index < -0.39 is 0 Å². The number of nitrogens with two attached hydrogens (primary N) is 1. The lowest BCUT2D eigenvalue weighted by Gasteiger charge is -2.34. The molecule has 2 N–H and O–H groups in total. The van der Waals surface area contributed by atoms with Crippen molar-refractivity contribution in [2.75, 3.05) is 20.7 Å². The Labute approximate surface area is 119 Å². The first kappa shape index (κ1) is 14.4. The van der Waals surface area contributed by atoms with Crippen LogP contribution in [0, 0.1) is 11.8 Å². The Hall–Kier alpha value is -1.99. The molecule has 20 heavy (non-hydrogen) atoms. The molecule has 0 heterocycles. The van der Waals surface area contributed by atoms with Crippen LogP contribution >= 0.6 is 0 Å². The molecule has 0 radical (unpaired) electrons. The fourth-order valence-corrected chi connectivity index (χ4v) is 2.23. The van der Waals surface area contributed by atoms with Gasteiger partial charge in [0.15, 0.2) is 0 Å². The normalized spacial score (nSPS) is 13.9. The Kier molecular flexibility index (Phi) is 4.65. The number of benzene rings is 1. The van der Waals surface area contributed by atoms with Gasteiger partial charge < -0.3 is 15.4 Å². The summed E-state index contributed by atoms with van der Waals surface area (Å²) in [5, 5.41) is 0. The first-order valence-electron chi connectivity index (χ1n) is 6.81. The number of hydrogen-bond donors (Lipinski definition) is 1. The molecule has 4 heteroatoms. The summed E-state index contributed by atoms with van der Waals surface area (Å²) in [5.74, 6) is 6.43. The predicted octanol–water partition coefficient (Wildman–Crippen LogP) is 1.63. The van der Waals surface area contributed by atoms with Crippen LogP contribution < -0.4 is 10.5 Å². The molecule has 0 aliphatic heterocycles. The van der Waals surface area contributed by atoms with Gasteiger partial charge in [-0.3, -0.25) is 4.79 Å². The molecule has 1 saturated carbocycles. The largest absolute Gasteiger partial charge is 0.495 e. The zero-order chi connectivity index (χ0) is 14.5. The Morgan fingerprint density at radius 3 is 2.80 bits per heavy atom. The Balaban J connectivity index is 2.25. The van der Waals surface area contributed by atoms with Gasteiger partial charge in [0.05, 0.1) is 19.2 Å². The smallest absolute Gasteiger partial charge is 0.253 e. The van der Waals surface area contributed by atoms with Crippen molar-refractivity contribution in [2.45, 2.75) is 25.3 Å². The average molecular weight is 272 g/mol. The van der Waals surface area contributed by atoms with Gasteiger partial charge in [-0.2, -0.15) is 0 Å². The maximum atomic E-state index is 12.4. The van der Waals surface area contributed by atoms with E-state index in [1.807, 2.05) is 11.9 Å². The summed E-state index contributed by atoms with van der Waals surface area (Å²) in [5.41, 5.74) is 6.73. The molecule has 1 amide bonds. The molecule has 1 aliphatic carbocycles. The molecule has 1 aromatic rings. The van der Waals surface area contributed by atoms with E-state index in [0.29, 0.717) is 22.9 Å². The average Bonchev–Trinajstić information content (AvgIpc) is 2.42. The zero-order valence-electron chi connectivity index (χ0n) is 12.0. The zero-order valence-corrected chi connectivity index (χ0v) is 12.0. The standard InChI is InChI=1S/C16H20N2O2/c1-18(14-6-3-7-14)16(19)13-8-9-15(20-2)12(11-13)5-4-10-17/h8-9,11,14H,3,6-7,10,17H2,1-2H3. The van der Waals surface area contributed by atoms with Gasteiger partial charge in [-0.25, -0.2) is 0 Å². The Morgan fingerprint density at radius 1 is 1.50 bits per heavy atom. The third-order valence-electron chi connectivity index (χ3n) is 3.71. The Bertz CT molecular complexity index is 553. The number of methoxy groups -OCH3 is 1. The third kappa shape index (κ3) is 2.94. The molecule has 0 bridgehead atoms. The minimum absolute atomic E-state index is 0.0353. The summed E-state index contributed by atoms with van der Waals surface area (Å²) in [6.45, 7) is 0.281. The van der Waals surface area contributed by atoms with Crippen LogP contribution in [0.5, 0.6) is 5.75 Å². The lowest BCUT2D eigenvalue weighted by atomic mass is 9.91. The van der Waals surface area contributed by atoms with E-state index in [1.165, 1.54) is 6.42 Å². The molecule has 1 aliphatic rings. The highest BCUT2D eigenvalue weighted by Crippen LogP contribution is 2.26. The van der Waals surface area contributed by atoms with Crippen molar-refractivity contribution < 1.29 is 9.53 Å². The molecule has 4 nitrogen and oxygen atoms in total. The summed E-state index contributed by atoms with van der Waals surface area (Å²) >= 11 is 0. The molecular weight excluding hydrogens is 252 g/mol. The van der Waals surface area contributed by atoms with Crippen molar-refractivity contribution in [3.05, 3.63) is 29.3 Å². The van der Waals surface area contributed by atoms with Gasteiger partial charge in [-0.1, -0.05) is 11.8 Å². The summed E-state index contributed by atoms with van der Waals surface area (Å²) in [7, 11) is 3.45. The summed E-state index contributed by atoms with van der Waals surface area (Å²) < 4.78 is 5.25. The van der Waals surface area contributed by atoms with Gasteiger partial charge >= 0.3 is 0 Å². The van der Waals surface area contributed by atoms with Crippen LogP contribution in [0.3, 0.4) is 0 Å². The second kappa shape index (κ2) is 6.44. The highest BCUT2D eigenvalue weighted by atomic mass is 16.5. The number of rotatable bonds is 3. The predicted molar refractivity (Wildman–Crippen MR) is 78.7 cm³/mol. The van der Waals surface area contributed by atoms with E-state index in [9.17, 15) is 4.79 Å². The quantitative estimate of drug-likeness (QED) is 0.851. The minimum atomic E-state index is 0.0353. The van der Waals surface area contributed by atoms with Crippen molar-refractivity contribution in [1.29, 1.82) is 0 Å². The number of carbonyl (C=O) groups is 1. The maximum Gasteiger partial charge on any atom is 0.253 e. The first-order valence-corrected chi connectivity index (χ1v) is 6.81. The molecule has 0 spiro atoms. The van der Waals surface area contributed by atoms with Gasteiger partial charge in [-0.15, -0.1) is 0 Å². The Morgan fingerprint density at radius 2 is 2.25 bits per heavy atom. The topological polar surface area (TPSA) is 55.6 Å². The molecule has 2 rings (SSSR count). The molecule has 0 saturated heterocycles. The van der Waals surface area contributed by atoms with Crippen LogP contribution in [0.4, 0.5) is 0 Å². The molecule has 0 aromatic heterocycles. The van der Waals surface area contributed by atoms with E-state index in [-0.39, 0.29) is 12.5 Å². The second-order valence-electron chi connectivity index (χ2n) is 4.92. The van der Waals surface area contributed by atoms with Gasteiger partial charge in [-0.05, 0) is 37.5 Å². The highest BCUT2D eigenvalue weighted by Gasteiger charge is 2.26. The molecule has 1 aromatic carbocycles. The van der Waals surface area contributed by atoms with E-state index in [0.717, 1.165) is 12.8 Å². The van der Waals surface area contributed by atoms with Crippen LogP contribution in [0.15, 0.2) is 18.2 Å². The van der Waals surface area contributed by atoms with Crippen molar-refractivity contribution >= 4 is 5.91 Å². The number of amides is 1. The van der Waals surface area contributed by atoms with Crippen molar-refractivity contribution in [3.8, 4) is 17.6 Å². The van der Waals surface area contributed by atoms with Gasteiger partial charge in [0, 0.05) is 18.7 Å². The van der Waals surface area contributed by atoms with Crippen LogP contribution in [0.2, 0.25) is 0 Å². The number of carbonyl (C=O) groups excluding carboxylic acids is 1. The van der Waals surface area contributed by atoms with Gasteiger partial charge in [0.25, 0.3) is 5.91 Å². The molecular formula is C16H20N2O2. The third-order valence-corrected chi connectivity index (χ3v) is 3.71. The lowest BCUT2D eigenvalue weighted by molar-refractivity contribution is 0.0652. The fraction of sp³-hybridized carbons (Fsp3) is 0.438. The first-order chi connectivity index (χ1) is 9.67. The summed E-state index contributed by atoms with van der Waals surface area (Å²) in [6, 6.07) is 5.72. The van der Waals surface area contributed by atoms with Crippen molar-refractivity contribution in [2.24, 2.45) is 5.73 Å². The number of hydrogen-bond acceptors (Lipinski definition) is 3. The van der Waals surface area contributed by atoms with Gasteiger partial charge in [0.2, 0.25) is 0 Å². The van der Waals surface area contributed by atoms with Crippen molar-refractivity contribution in [1.82, 2.24) is 4.90 Å². The summed E-state index contributed by atoms with van der Waals surface area (Å²) in [6.07, 6.45) is 3.40. The highest BCUT2D eigenvalue weighted by molar-refractivity contribution is 5.95. The number of nitrogens with zero attached hydrogens (tertiary/aromatic N) is 1. The molecule has 106 valence electrons. The monoisotopic (exact) mass is 272 g/mol. The van der Waals surface area contributed by atoms with Crippen LogP contribution in [0.25, 0.3) is 0 Å². The molecule has 0 atom stereocenters. The maximum absolute atomic E-state index is 12.4. The van der Waals surface area contributed by atoms with E-state index in [4.69, 9.17) is 10.5 Å². The van der Waals surface area contributed by atoms with Crippen LogP contribution in [0.1, 0.15) is 35.2 Å². The van der Waals surface area contributed by atoms with E-state index >= 15 is 0 Å². The molecule has 1 fully saturated rings. The van der Waals surface area contributed by atoms with Crippen LogP contribution in [-0.2, 0) is 0 Å².